The number of aromatic nitrogens is 8. The van der Waals surface area contributed by atoms with E-state index in [4.69, 9.17) is 33.2 Å². The van der Waals surface area contributed by atoms with Crippen molar-refractivity contribution in [2.45, 2.75) is 116 Å². The fraction of sp³-hybridized carbons (Fsp3) is 0.460. The Morgan fingerprint density at radius 2 is 1.14 bits per heavy atom. The van der Waals surface area contributed by atoms with Gasteiger partial charge in [0.25, 0.3) is 0 Å². The van der Waals surface area contributed by atoms with Crippen molar-refractivity contribution in [3.05, 3.63) is 88.4 Å². The summed E-state index contributed by atoms with van der Waals surface area (Å²) in [6.45, 7) is 23.2. The molecule has 0 bridgehead atoms. The van der Waals surface area contributed by atoms with Gasteiger partial charge >= 0.3 is 18.0 Å². The number of nitrogens with zero attached hydrogens (tertiary/aromatic N) is 8. The third-order valence-electron chi connectivity index (χ3n) is 10.7. The van der Waals surface area contributed by atoms with Gasteiger partial charge in [-0.25, -0.2) is 18.7 Å². The van der Waals surface area contributed by atoms with Crippen molar-refractivity contribution in [2.24, 2.45) is 0 Å². The van der Waals surface area contributed by atoms with Gasteiger partial charge in [0.05, 0.1) is 27.8 Å². The van der Waals surface area contributed by atoms with Crippen molar-refractivity contribution < 1.29 is 46.7 Å². The summed E-state index contributed by atoms with van der Waals surface area (Å²) < 4.78 is 72.6. The molecule has 16 nitrogen and oxygen atoms in total. The molecule has 0 N–H and O–H groups in total. The molecule has 4 aromatic heterocycles. The second-order valence-electron chi connectivity index (χ2n) is 19.6. The predicted octanol–water partition coefficient (Wildman–Crippen LogP) is 12.8. The second-order valence-corrected chi connectivity index (χ2v) is 32.7. The minimum atomic E-state index is -1.28. The summed E-state index contributed by atoms with van der Waals surface area (Å²) in [5.41, 5.74) is 3.90. The van der Waals surface area contributed by atoms with E-state index >= 15 is 0 Å². The molecule has 72 heavy (non-hydrogen) atoms. The number of hydrogen-bond acceptors (Lipinski definition) is 15. The van der Waals surface area contributed by atoms with Crippen LogP contribution in [0.4, 0.5) is 8.78 Å². The van der Waals surface area contributed by atoms with Crippen LogP contribution in [0.15, 0.2) is 70.8 Å². The van der Waals surface area contributed by atoms with Gasteiger partial charge in [-0.1, -0.05) is 78.7 Å². The molecule has 0 saturated carbocycles. The molecule has 4 heterocycles. The normalized spacial score (nSPS) is 11.7. The van der Waals surface area contributed by atoms with Crippen LogP contribution in [0.25, 0.3) is 22.3 Å². The molecule has 0 radical (unpaired) electrons. The number of carbonyl (C=O) groups is 1. The lowest BCUT2D eigenvalue weighted by molar-refractivity contribution is -0.140. The molecule has 0 saturated heterocycles. The molecule has 0 aliphatic carbocycles. The maximum Gasteiger partial charge on any atom is 0.323 e. The van der Waals surface area contributed by atoms with E-state index in [1.54, 1.807) is 46.0 Å². The number of esters is 1. The number of pyridine rings is 2. The third-order valence-corrected chi connectivity index (χ3v) is 15.3. The van der Waals surface area contributed by atoms with Gasteiger partial charge in [0, 0.05) is 81.9 Å². The van der Waals surface area contributed by atoms with Crippen LogP contribution in [0.2, 0.25) is 51.4 Å². The lowest BCUT2D eigenvalue weighted by Crippen LogP contribution is -2.22. The molecule has 2 aromatic carbocycles. The third kappa shape index (κ3) is 17.5. The highest BCUT2D eigenvalue weighted by molar-refractivity contribution is 9.10. The maximum atomic E-state index is 14.8. The number of halogens is 3. The zero-order chi connectivity index (χ0) is 52.8. The monoisotopic (exact) mass is 1110 g/mol. The maximum absolute atomic E-state index is 14.8. The van der Waals surface area contributed by atoms with E-state index < -0.39 is 16.1 Å². The largest absolute Gasteiger partial charge is 0.481 e. The number of thioether (sulfide) groups is 1. The summed E-state index contributed by atoms with van der Waals surface area (Å²) in [5.74, 6) is 1.15. The summed E-state index contributed by atoms with van der Waals surface area (Å²) in [4.78, 5) is 28.8. The second kappa shape index (κ2) is 26.6. The Bertz CT molecular complexity index is 2740. The zero-order valence-corrected chi connectivity index (χ0v) is 47.9. The lowest BCUT2D eigenvalue weighted by atomic mass is 9.95. The van der Waals surface area contributed by atoms with E-state index in [0.29, 0.717) is 79.9 Å². The fourth-order valence-corrected chi connectivity index (χ4v) is 9.29. The molecule has 0 spiro atoms. The summed E-state index contributed by atoms with van der Waals surface area (Å²) in [6.07, 6.45) is 3.44. The lowest BCUT2D eigenvalue weighted by Gasteiger charge is -2.19. The van der Waals surface area contributed by atoms with Crippen molar-refractivity contribution in [3.8, 4) is 57.5 Å². The average Bonchev–Trinajstić information content (AvgIpc) is 3.89. The molecule has 0 amide bonds. The number of benzene rings is 2. The van der Waals surface area contributed by atoms with Crippen LogP contribution in [-0.2, 0) is 32.5 Å². The molecule has 0 aliphatic rings. The van der Waals surface area contributed by atoms with E-state index in [0.717, 1.165) is 17.7 Å². The van der Waals surface area contributed by atoms with Crippen LogP contribution in [0.1, 0.15) is 57.1 Å². The average molecular weight is 1110 g/mol. The molecule has 0 fully saturated rings. The van der Waals surface area contributed by atoms with Crippen LogP contribution in [0, 0.1) is 11.6 Å². The first-order valence-electron chi connectivity index (χ1n) is 23.5. The fourth-order valence-electron chi connectivity index (χ4n) is 6.68. The Hall–Kier alpha value is -5.27. The molecule has 0 atom stereocenters. The van der Waals surface area contributed by atoms with Crippen LogP contribution in [-0.4, -0.2) is 102 Å². The van der Waals surface area contributed by atoms with Crippen LogP contribution < -0.4 is 18.9 Å². The molecule has 6 rings (SSSR count). The predicted molar refractivity (Wildman–Crippen MR) is 284 cm³/mol. The Morgan fingerprint density at radius 3 is 1.57 bits per heavy atom. The highest BCUT2D eigenvalue weighted by atomic mass is 79.9. The van der Waals surface area contributed by atoms with Gasteiger partial charge in [-0.05, 0) is 87.4 Å². The van der Waals surface area contributed by atoms with Gasteiger partial charge in [-0.15, -0.1) is 10.2 Å². The Balaban J connectivity index is 0.000000271. The smallest absolute Gasteiger partial charge is 0.323 e. The van der Waals surface area contributed by atoms with E-state index in [2.05, 4.69) is 85.3 Å². The number of rotatable bonds is 24. The minimum Gasteiger partial charge on any atom is -0.481 e. The van der Waals surface area contributed by atoms with Crippen molar-refractivity contribution >= 4 is 49.8 Å². The van der Waals surface area contributed by atoms with Gasteiger partial charge in [0.15, 0.2) is 0 Å². The van der Waals surface area contributed by atoms with Gasteiger partial charge < -0.3 is 33.2 Å². The van der Waals surface area contributed by atoms with Gasteiger partial charge in [0.1, 0.15) is 36.6 Å². The van der Waals surface area contributed by atoms with Gasteiger partial charge in [0.2, 0.25) is 21.7 Å². The first kappa shape index (κ1) is 57.6. The van der Waals surface area contributed by atoms with Crippen LogP contribution >= 0.6 is 27.7 Å². The summed E-state index contributed by atoms with van der Waals surface area (Å²) in [7, 11) is 1.94. The summed E-state index contributed by atoms with van der Waals surface area (Å²) in [5, 5.41) is 9.33. The van der Waals surface area contributed by atoms with Crippen molar-refractivity contribution in [1.82, 2.24) is 39.5 Å². The van der Waals surface area contributed by atoms with Crippen LogP contribution in [0.3, 0.4) is 0 Å². The molecule has 0 unspecified atom stereocenters. The quantitative estimate of drug-likeness (QED) is 0.0243. The molecule has 22 heteroatoms. The Kier molecular flexibility index (Phi) is 21.3. The van der Waals surface area contributed by atoms with Crippen molar-refractivity contribution in [1.29, 1.82) is 0 Å². The van der Waals surface area contributed by atoms with Crippen molar-refractivity contribution in [3.63, 3.8) is 0 Å². The van der Waals surface area contributed by atoms with Crippen molar-refractivity contribution in [2.75, 3.05) is 40.3 Å². The first-order chi connectivity index (χ1) is 34.1. The van der Waals surface area contributed by atoms with Gasteiger partial charge in [-0.2, -0.15) is 19.3 Å². The molecule has 390 valence electrons. The number of methoxy groups -OCH3 is 3. The van der Waals surface area contributed by atoms with E-state index in [1.165, 1.54) is 57.4 Å². The minimum absolute atomic E-state index is 0.00555. The Morgan fingerprint density at radius 1 is 0.681 bits per heavy atom. The number of carbonyl (C=O) groups excluding carboxylic acids is 1. The van der Waals surface area contributed by atoms with E-state index in [-0.39, 0.29) is 61.3 Å². The SMILES string of the molecule is COC(=O)CCSc1nc(Oc2c(-c3ccnc(OC)c3)cc(F)cc2C(C)C)n(COCC[Si](C)(C)C)n1.COc1cc(-c2cc(F)cc(C(C)C)c2Oc2nc(Br)nn2COCC[Si](C)(C)C)ccn1. The van der Waals surface area contributed by atoms with E-state index in [9.17, 15) is 13.6 Å². The zero-order valence-electron chi connectivity index (χ0n) is 43.5. The molecule has 6 aromatic rings. The molecular formula is C50H67BrF2N8O8SSi2. The number of ether oxygens (including phenoxy) is 7. The first-order valence-corrected chi connectivity index (χ1v) is 32.7. The molecular weight excluding hydrogens is 1050 g/mol. The molecule has 0 aliphatic heterocycles. The number of hydrogen-bond donors (Lipinski definition) is 0. The highest BCUT2D eigenvalue weighted by Gasteiger charge is 2.24. The summed E-state index contributed by atoms with van der Waals surface area (Å²) in [6, 6.07) is 15.4. The van der Waals surface area contributed by atoms with Gasteiger partial charge in [-0.3, -0.25) is 4.79 Å². The Labute approximate surface area is 436 Å². The topological polar surface area (TPSA) is 169 Å². The highest BCUT2D eigenvalue weighted by Crippen LogP contribution is 2.43. The van der Waals surface area contributed by atoms with E-state index in [1.807, 2.05) is 27.7 Å². The standard InChI is InChI=1S/C27H37FN4O5SSi.C23H30BrFN4O3Si/c1-18(2)21-15-20(28)16-22(19-8-10-29-23(14-19)34-3)25(21)37-27-30-26(38-12-9-24(33)35-4)31-32(27)17-36-11-13-39(5,6)7;1-15(2)18-12-17(25)13-19(16-7-8-26-20(11-16)30-3)21(18)32-23-27-22(24)28-29(23)14-31-9-10-33(4,5)6/h8,10,14-16,18H,9,11-13,17H2,1-7H3;7-8,11-13,15H,9-10,14H2,1-6H3. The van der Waals surface area contributed by atoms with Crippen LogP contribution in [0.5, 0.6) is 35.3 Å². The summed E-state index contributed by atoms with van der Waals surface area (Å²) >= 11 is 4.64.